The van der Waals surface area contributed by atoms with Crippen LogP contribution in [0.15, 0.2) is 48.8 Å². The number of para-hydroxylation sites is 1. The van der Waals surface area contributed by atoms with Gasteiger partial charge in [-0.2, -0.15) is 0 Å². The van der Waals surface area contributed by atoms with Crippen molar-refractivity contribution in [3.05, 3.63) is 58.8 Å². The second-order valence-corrected chi connectivity index (χ2v) is 8.08. The molecule has 1 aliphatic rings. The van der Waals surface area contributed by atoms with Crippen LogP contribution in [-0.2, 0) is 0 Å². The van der Waals surface area contributed by atoms with Gasteiger partial charge in [-0.15, -0.1) is 0 Å². The van der Waals surface area contributed by atoms with Crippen molar-refractivity contribution in [3.8, 4) is 0 Å². The zero-order valence-corrected chi connectivity index (χ0v) is 17.8. The van der Waals surface area contributed by atoms with Crippen molar-refractivity contribution in [2.24, 2.45) is 0 Å². The summed E-state index contributed by atoms with van der Waals surface area (Å²) in [4.78, 5) is 23.5. The fourth-order valence-electron chi connectivity index (χ4n) is 3.47. The van der Waals surface area contributed by atoms with E-state index in [0.29, 0.717) is 15.7 Å². The van der Waals surface area contributed by atoms with Gasteiger partial charge in [-0.1, -0.05) is 48.1 Å². The first-order valence-corrected chi connectivity index (χ1v) is 10.4. The quantitative estimate of drug-likeness (QED) is 0.556. The van der Waals surface area contributed by atoms with Gasteiger partial charge in [0.1, 0.15) is 12.1 Å². The predicted octanol–water partition coefficient (Wildman–Crippen LogP) is 4.97. The average Bonchev–Trinajstić information content (AvgIpc) is 2.73. The van der Waals surface area contributed by atoms with Crippen LogP contribution in [0.4, 0.5) is 16.3 Å². The summed E-state index contributed by atoms with van der Waals surface area (Å²) in [7, 11) is 0. The van der Waals surface area contributed by atoms with Gasteiger partial charge in [0.15, 0.2) is 0 Å². The van der Waals surface area contributed by atoms with E-state index in [1.54, 1.807) is 18.5 Å². The second kappa shape index (κ2) is 8.65. The van der Waals surface area contributed by atoms with Crippen molar-refractivity contribution in [2.45, 2.75) is 18.9 Å². The van der Waals surface area contributed by atoms with E-state index in [1.165, 1.54) is 4.31 Å². The maximum absolute atomic E-state index is 12.6. The summed E-state index contributed by atoms with van der Waals surface area (Å²) in [6.07, 6.45) is 3.16. The first-order valence-electron chi connectivity index (χ1n) is 9.22. The number of anilines is 2. The molecule has 0 saturated carbocycles. The van der Waals surface area contributed by atoms with E-state index in [1.807, 2.05) is 30.3 Å². The lowest BCUT2D eigenvalue weighted by molar-refractivity contribution is 0.243. The molecule has 0 spiro atoms. The van der Waals surface area contributed by atoms with Crippen LogP contribution in [0, 0.1) is 0 Å². The number of rotatable bonds is 3. The lowest BCUT2D eigenvalue weighted by Gasteiger charge is -2.34. The highest BCUT2D eigenvalue weighted by Crippen LogP contribution is 2.29. The number of nitrogens with one attached hydrogen (secondary N) is 1. The maximum atomic E-state index is 12.6. The highest BCUT2D eigenvalue weighted by atomic mass is 35.5. The van der Waals surface area contributed by atoms with E-state index in [4.69, 9.17) is 23.2 Å². The van der Waals surface area contributed by atoms with Gasteiger partial charge in [-0.3, -0.25) is 0 Å². The van der Waals surface area contributed by atoms with Crippen molar-refractivity contribution < 1.29 is 4.79 Å². The van der Waals surface area contributed by atoms with Crippen LogP contribution >= 0.6 is 36.0 Å². The van der Waals surface area contributed by atoms with Gasteiger partial charge in [0, 0.05) is 29.5 Å². The van der Waals surface area contributed by atoms with E-state index >= 15 is 0 Å². The molecule has 0 unspecified atom stereocenters. The summed E-state index contributed by atoms with van der Waals surface area (Å²) in [5.74, 6) is 0.892. The Kier molecular flexibility index (Phi) is 5.99. The minimum absolute atomic E-state index is 0.0541. The van der Waals surface area contributed by atoms with Gasteiger partial charge in [0.2, 0.25) is 0 Å². The molecule has 1 aliphatic heterocycles. The fourth-order valence-corrected chi connectivity index (χ4v) is 4.15. The SMILES string of the molecule is O=C(NC1CCN(c2ncnc3cc(Cl)ccc23)CC1)N(S)c1ccccc1Cl. The molecule has 1 fully saturated rings. The Labute approximate surface area is 184 Å². The summed E-state index contributed by atoms with van der Waals surface area (Å²) >= 11 is 16.5. The second-order valence-electron chi connectivity index (χ2n) is 6.83. The van der Waals surface area contributed by atoms with Crippen LogP contribution in [0.3, 0.4) is 0 Å². The predicted molar refractivity (Wildman–Crippen MR) is 121 cm³/mol. The molecule has 2 aromatic carbocycles. The first kappa shape index (κ1) is 20.1. The third-order valence-electron chi connectivity index (χ3n) is 4.97. The number of hydrogen-bond acceptors (Lipinski definition) is 5. The molecule has 29 heavy (non-hydrogen) atoms. The van der Waals surface area contributed by atoms with Crippen molar-refractivity contribution in [1.29, 1.82) is 0 Å². The van der Waals surface area contributed by atoms with Crippen molar-refractivity contribution >= 4 is 64.5 Å². The third kappa shape index (κ3) is 4.37. The molecule has 0 bridgehead atoms. The minimum atomic E-state index is -0.290. The molecule has 1 aromatic heterocycles. The molecule has 3 aromatic rings. The van der Waals surface area contributed by atoms with Gasteiger partial charge in [0.05, 0.1) is 16.2 Å². The lowest BCUT2D eigenvalue weighted by atomic mass is 10.0. The molecule has 2 heterocycles. The number of hydrogen-bond donors (Lipinski definition) is 2. The van der Waals surface area contributed by atoms with Crippen LogP contribution in [0.25, 0.3) is 10.9 Å². The molecule has 1 N–H and O–H groups in total. The Morgan fingerprint density at radius 3 is 2.66 bits per heavy atom. The molecular formula is C20H19Cl2N5OS. The Balaban J connectivity index is 1.40. The summed E-state index contributed by atoms with van der Waals surface area (Å²) in [5.41, 5.74) is 1.38. The van der Waals surface area contributed by atoms with Crippen LogP contribution in [0.5, 0.6) is 0 Å². The van der Waals surface area contributed by atoms with Crippen LogP contribution in [-0.4, -0.2) is 35.1 Å². The number of thiol groups is 1. The zero-order chi connectivity index (χ0) is 20.4. The van der Waals surface area contributed by atoms with Crippen molar-refractivity contribution in [3.63, 3.8) is 0 Å². The average molecular weight is 448 g/mol. The number of piperidine rings is 1. The summed E-state index contributed by atoms with van der Waals surface area (Å²) in [6.45, 7) is 1.55. The molecule has 9 heteroatoms. The number of carbonyl (C=O) groups excluding carboxylic acids is 1. The number of amides is 2. The van der Waals surface area contributed by atoms with E-state index in [0.717, 1.165) is 42.7 Å². The largest absolute Gasteiger partial charge is 0.356 e. The molecule has 0 radical (unpaired) electrons. The maximum Gasteiger partial charge on any atom is 0.332 e. The van der Waals surface area contributed by atoms with Crippen molar-refractivity contribution in [2.75, 3.05) is 22.3 Å². The fraction of sp³-hybridized carbons (Fsp3) is 0.250. The molecular weight excluding hydrogens is 429 g/mol. The molecule has 0 atom stereocenters. The van der Waals surface area contributed by atoms with Gasteiger partial charge in [0.25, 0.3) is 0 Å². The molecule has 2 amide bonds. The minimum Gasteiger partial charge on any atom is -0.356 e. The third-order valence-corrected chi connectivity index (χ3v) is 5.92. The molecule has 4 rings (SSSR count). The smallest absolute Gasteiger partial charge is 0.332 e. The first-order chi connectivity index (χ1) is 14.0. The molecule has 1 saturated heterocycles. The molecule has 6 nitrogen and oxygen atoms in total. The molecule has 150 valence electrons. The monoisotopic (exact) mass is 447 g/mol. The van der Waals surface area contributed by atoms with Crippen LogP contribution in [0.2, 0.25) is 10.0 Å². The Hall–Kier alpha value is -2.22. The normalized spacial score (nSPS) is 14.8. The number of halogens is 2. The van der Waals surface area contributed by atoms with Crippen molar-refractivity contribution in [1.82, 2.24) is 15.3 Å². The Morgan fingerprint density at radius 1 is 1.14 bits per heavy atom. The number of nitrogens with zero attached hydrogens (tertiary/aromatic N) is 4. The van der Waals surface area contributed by atoms with Gasteiger partial charge >= 0.3 is 6.03 Å². The summed E-state index contributed by atoms with van der Waals surface area (Å²) in [6, 6.07) is 12.5. The number of carbonyl (C=O) groups is 1. The topological polar surface area (TPSA) is 61.4 Å². The number of urea groups is 1. The highest BCUT2D eigenvalue weighted by molar-refractivity contribution is 7.82. The van der Waals surface area contributed by atoms with E-state index in [-0.39, 0.29) is 12.1 Å². The Morgan fingerprint density at radius 2 is 1.90 bits per heavy atom. The van der Waals surface area contributed by atoms with E-state index in [2.05, 4.69) is 33.0 Å². The lowest BCUT2D eigenvalue weighted by Crippen LogP contribution is -2.47. The van der Waals surface area contributed by atoms with Gasteiger partial charge in [-0.05, 0) is 43.2 Å². The van der Waals surface area contributed by atoms with Crippen LogP contribution in [0.1, 0.15) is 12.8 Å². The summed E-state index contributed by atoms with van der Waals surface area (Å²) in [5, 5.41) is 5.13. The van der Waals surface area contributed by atoms with Gasteiger partial charge in [-0.25, -0.2) is 19.1 Å². The highest BCUT2D eigenvalue weighted by Gasteiger charge is 2.25. The zero-order valence-electron chi connectivity index (χ0n) is 15.4. The molecule has 0 aliphatic carbocycles. The van der Waals surface area contributed by atoms with Crippen LogP contribution < -0.4 is 14.5 Å². The van der Waals surface area contributed by atoms with E-state index < -0.39 is 0 Å². The summed E-state index contributed by atoms with van der Waals surface area (Å²) < 4.78 is 1.25. The Bertz CT molecular complexity index is 1040. The van der Waals surface area contributed by atoms with Gasteiger partial charge < -0.3 is 10.2 Å². The number of benzene rings is 2. The number of aromatic nitrogens is 2. The van der Waals surface area contributed by atoms with E-state index in [9.17, 15) is 4.79 Å². The standard InChI is InChI=1S/C20H19Cl2N5OS/c21-13-5-6-15-17(11-13)23-12-24-19(15)26-9-7-14(8-10-26)25-20(28)27(29)18-4-2-1-3-16(18)22/h1-6,11-12,14,29H,7-10H2,(H,25,28). The number of fused-ring (bicyclic) bond motifs is 1.